The Bertz CT molecular complexity index is 6030. The molecular formula is C95H62N2. The maximum atomic E-state index is 2.54. The lowest BCUT2D eigenvalue weighted by molar-refractivity contribution is 0.660. The van der Waals surface area contributed by atoms with E-state index in [2.05, 4.69) is 363 Å². The lowest BCUT2D eigenvalue weighted by atomic mass is 9.70. The van der Waals surface area contributed by atoms with Crippen molar-refractivity contribution in [2.24, 2.45) is 0 Å². The molecule has 2 heteroatoms. The zero-order valence-electron chi connectivity index (χ0n) is 53.7. The van der Waals surface area contributed by atoms with Crippen molar-refractivity contribution in [3.05, 3.63) is 395 Å². The molecule has 0 radical (unpaired) electrons. The van der Waals surface area contributed by atoms with Gasteiger partial charge in [0, 0.05) is 38.6 Å². The predicted molar refractivity (Wildman–Crippen MR) is 404 cm³/mol. The Morgan fingerprint density at radius 3 is 1.01 bits per heavy atom. The molecule has 0 fully saturated rings. The normalized spacial score (nSPS) is 15.3. The third-order valence-electron chi connectivity index (χ3n) is 22.8. The molecule has 0 N–H and O–H groups in total. The van der Waals surface area contributed by atoms with Gasteiger partial charge in [0.15, 0.2) is 0 Å². The van der Waals surface area contributed by atoms with Crippen LogP contribution >= 0.6 is 0 Å². The Hall–Kier alpha value is -12.1. The van der Waals surface area contributed by atoms with Crippen LogP contribution < -0.4 is 9.80 Å². The van der Waals surface area contributed by atoms with Gasteiger partial charge in [0.05, 0.1) is 27.9 Å². The number of nitrogens with zero attached hydrogens (tertiary/aromatic N) is 2. The maximum Gasteiger partial charge on any atom is 0.0726 e. The second-order valence-corrected chi connectivity index (χ2v) is 27.7. The number of fused-ring (bicyclic) bond motifs is 26. The van der Waals surface area contributed by atoms with Crippen molar-refractivity contribution in [2.75, 3.05) is 9.80 Å². The van der Waals surface area contributed by atoms with E-state index in [9.17, 15) is 0 Å². The fraction of sp³-hybridized carbons (Fsp3) is 0.0526. The van der Waals surface area contributed by atoms with Crippen molar-refractivity contribution in [3.63, 3.8) is 0 Å². The molecule has 0 bridgehead atoms. The monoisotopic (exact) mass is 1230 g/mol. The molecule has 452 valence electrons. The van der Waals surface area contributed by atoms with Gasteiger partial charge in [0.25, 0.3) is 0 Å². The fourth-order valence-corrected chi connectivity index (χ4v) is 18.8. The van der Waals surface area contributed by atoms with Gasteiger partial charge in [-0.3, -0.25) is 0 Å². The second-order valence-electron chi connectivity index (χ2n) is 27.7. The molecule has 1 atom stereocenters. The molecule has 0 aromatic heterocycles. The van der Waals surface area contributed by atoms with Gasteiger partial charge in [-0.1, -0.05) is 287 Å². The third-order valence-corrected chi connectivity index (χ3v) is 22.8. The van der Waals surface area contributed by atoms with Crippen LogP contribution in [0.1, 0.15) is 69.5 Å². The van der Waals surface area contributed by atoms with Gasteiger partial charge < -0.3 is 9.80 Å². The predicted octanol–water partition coefficient (Wildman–Crippen LogP) is 24.7. The lowest BCUT2D eigenvalue weighted by Crippen LogP contribution is -2.26. The van der Waals surface area contributed by atoms with Crippen molar-refractivity contribution in [3.8, 4) is 66.8 Å². The number of benzene rings is 16. The van der Waals surface area contributed by atoms with Gasteiger partial charge in [-0.05, 0) is 205 Å². The first kappa shape index (κ1) is 54.3. The average molecular weight is 1230 g/mol. The standard InChI is InChI=1S/C95H62N2/c1-93(2)80-35-13-7-29-70(80)76-50-46-64(56-87(76)93)96(90-41-19-24-59-22-3-5-27-67(59)90)65-47-51-77-74-33-11-17-39-84(74)95(88(77)57-65)85-40-18-12-34-75(85)79-55-62(45-53-86(79)95)61-44-49-69-63(54-61)26-21-43-92(69)97(91-42-20-25-60-23-4-6-28-68(60)91)66-48-52-78-73-32-10-16-38-83(73)94(89(78)58-66)81-36-14-8-30-71(81)72-31-9-15-37-82(72)94/h3-58H,1-2H3. The molecule has 2 nitrogen and oxygen atoms in total. The fourth-order valence-electron chi connectivity index (χ4n) is 18.8. The van der Waals surface area contributed by atoms with Gasteiger partial charge in [0.1, 0.15) is 0 Å². The molecule has 0 saturated carbocycles. The molecule has 1 unspecified atom stereocenters. The van der Waals surface area contributed by atoms with Crippen molar-refractivity contribution in [1.82, 2.24) is 0 Å². The SMILES string of the molecule is CC1(C)c2ccccc2-c2ccc(N(c3ccc4c(c3)C3(c5ccccc5-c5cc(-c6ccc7c(N(c8ccc9c(c8)C8(c%10ccccc%10-c%10ccccc%108)c8ccccc8-9)c8cccc9ccccc89)cccc7c6)ccc53)c3ccccc3-4)c3cccc4ccccc34)cc21. The molecule has 21 rings (SSSR count). The van der Waals surface area contributed by atoms with E-state index in [1.165, 1.54) is 155 Å². The summed E-state index contributed by atoms with van der Waals surface area (Å²) in [5, 5.41) is 7.19. The van der Waals surface area contributed by atoms with Crippen LogP contribution in [0.3, 0.4) is 0 Å². The first-order chi connectivity index (χ1) is 47.9. The Kier molecular flexibility index (Phi) is 11.2. The molecule has 0 amide bonds. The van der Waals surface area contributed by atoms with Crippen LogP contribution in [0.15, 0.2) is 340 Å². The molecule has 0 saturated heterocycles. The topological polar surface area (TPSA) is 6.48 Å². The first-order valence-electron chi connectivity index (χ1n) is 34.1. The Labute approximate surface area is 564 Å². The quantitative estimate of drug-likeness (QED) is 0.157. The summed E-state index contributed by atoms with van der Waals surface area (Å²) in [6.45, 7) is 4.77. The van der Waals surface area contributed by atoms with E-state index in [0.717, 1.165) is 34.1 Å². The number of anilines is 6. The number of hydrogen-bond donors (Lipinski definition) is 0. The van der Waals surface area contributed by atoms with E-state index in [-0.39, 0.29) is 5.41 Å². The molecule has 16 aromatic rings. The van der Waals surface area contributed by atoms with E-state index in [0.29, 0.717) is 0 Å². The van der Waals surface area contributed by atoms with Crippen molar-refractivity contribution in [2.45, 2.75) is 30.1 Å². The summed E-state index contributed by atoms with van der Waals surface area (Å²) in [4.78, 5) is 5.07. The van der Waals surface area contributed by atoms with Crippen molar-refractivity contribution in [1.29, 1.82) is 0 Å². The molecular weight excluding hydrogens is 1170 g/mol. The Morgan fingerprint density at radius 1 is 0.196 bits per heavy atom. The van der Waals surface area contributed by atoms with Crippen LogP contribution in [0.2, 0.25) is 0 Å². The largest absolute Gasteiger partial charge is 0.310 e. The van der Waals surface area contributed by atoms with E-state index in [1.54, 1.807) is 0 Å². The summed E-state index contributed by atoms with van der Waals surface area (Å²) in [6, 6.07) is 129. The van der Waals surface area contributed by atoms with Gasteiger partial charge in [-0.2, -0.15) is 0 Å². The van der Waals surface area contributed by atoms with E-state index >= 15 is 0 Å². The van der Waals surface area contributed by atoms with Crippen LogP contribution in [0.4, 0.5) is 34.1 Å². The molecule has 0 heterocycles. The minimum absolute atomic E-state index is 0.166. The van der Waals surface area contributed by atoms with Gasteiger partial charge in [-0.15, -0.1) is 0 Å². The average Bonchev–Trinajstić information content (AvgIpc) is 1.52. The summed E-state index contributed by atoms with van der Waals surface area (Å²) in [6.07, 6.45) is 0. The smallest absolute Gasteiger partial charge is 0.0726 e. The lowest BCUT2D eigenvalue weighted by Gasteiger charge is -2.33. The maximum absolute atomic E-state index is 2.54. The van der Waals surface area contributed by atoms with Crippen molar-refractivity contribution >= 4 is 66.4 Å². The van der Waals surface area contributed by atoms with Crippen LogP contribution in [-0.2, 0) is 16.2 Å². The van der Waals surface area contributed by atoms with E-state index in [1.807, 2.05) is 0 Å². The van der Waals surface area contributed by atoms with Gasteiger partial charge in [-0.25, -0.2) is 0 Å². The minimum atomic E-state index is -0.577. The van der Waals surface area contributed by atoms with Crippen LogP contribution in [0.5, 0.6) is 0 Å². The molecule has 5 aliphatic rings. The zero-order valence-corrected chi connectivity index (χ0v) is 53.7. The molecule has 2 spiro atoms. The van der Waals surface area contributed by atoms with Gasteiger partial charge in [0.2, 0.25) is 0 Å². The van der Waals surface area contributed by atoms with Gasteiger partial charge >= 0.3 is 0 Å². The first-order valence-corrected chi connectivity index (χ1v) is 34.1. The highest BCUT2D eigenvalue weighted by atomic mass is 15.2. The summed E-state index contributed by atoms with van der Waals surface area (Å²) in [7, 11) is 0. The molecule has 16 aromatic carbocycles. The highest BCUT2D eigenvalue weighted by Crippen LogP contribution is 2.66. The number of rotatable bonds is 7. The Balaban J connectivity index is 0.720. The second kappa shape index (κ2) is 20.0. The summed E-state index contributed by atoms with van der Waals surface area (Å²) >= 11 is 0. The van der Waals surface area contributed by atoms with Crippen molar-refractivity contribution < 1.29 is 0 Å². The minimum Gasteiger partial charge on any atom is -0.310 e. The van der Waals surface area contributed by atoms with Crippen LogP contribution in [0, 0.1) is 0 Å². The van der Waals surface area contributed by atoms with E-state index < -0.39 is 10.8 Å². The van der Waals surface area contributed by atoms with Crippen LogP contribution in [-0.4, -0.2) is 0 Å². The van der Waals surface area contributed by atoms with Crippen LogP contribution in [0.25, 0.3) is 99.1 Å². The molecule has 97 heavy (non-hydrogen) atoms. The van der Waals surface area contributed by atoms with E-state index in [4.69, 9.17) is 0 Å². The summed E-state index contributed by atoms with van der Waals surface area (Å²) in [5.74, 6) is 0. The molecule has 5 aliphatic carbocycles. The summed E-state index contributed by atoms with van der Waals surface area (Å²) < 4.78 is 0. The Morgan fingerprint density at radius 2 is 0.515 bits per heavy atom. The highest BCUT2D eigenvalue weighted by molar-refractivity contribution is 6.08. The molecule has 0 aliphatic heterocycles. The third kappa shape index (κ3) is 7.23. The number of hydrogen-bond acceptors (Lipinski definition) is 2. The summed E-state index contributed by atoms with van der Waals surface area (Å²) in [5.41, 5.74) is 34.2. The zero-order chi connectivity index (χ0) is 63.9. The highest BCUT2D eigenvalue weighted by Gasteiger charge is 2.54.